The lowest BCUT2D eigenvalue weighted by Gasteiger charge is -2.26. The number of hydrogen-bond donors (Lipinski definition) is 1. The minimum atomic E-state index is -4.20. The van der Waals surface area contributed by atoms with Crippen LogP contribution < -0.4 is 19.1 Å². The Morgan fingerprint density at radius 1 is 1.03 bits per heavy atom. The number of carbonyl (C=O) groups excluding carboxylic acids is 1. The first-order valence-electron chi connectivity index (χ1n) is 10.5. The summed E-state index contributed by atoms with van der Waals surface area (Å²) < 4.78 is 52.3. The van der Waals surface area contributed by atoms with Crippen LogP contribution in [0.5, 0.6) is 11.5 Å². The van der Waals surface area contributed by atoms with Gasteiger partial charge in [-0.3, -0.25) is 9.10 Å². The molecule has 0 saturated heterocycles. The molecule has 0 saturated carbocycles. The molecule has 0 aliphatic carbocycles. The topological polar surface area (TPSA) is 84.9 Å². The number of aryl methyl sites for hydroxylation is 1. The van der Waals surface area contributed by atoms with Crippen LogP contribution in [0.1, 0.15) is 24.1 Å². The number of hydrogen-bond acceptors (Lipinski definition) is 5. The van der Waals surface area contributed by atoms with Gasteiger partial charge >= 0.3 is 0 Å². The fourth-order valence-electron chi connectivity index (χ4n) is 3.44. The van der Waals surface area contributed by atoms with E-state index in [-0.39, 0.29) is 22.1 Å². The smallest absolute Gasteiger partial charge is 0.268 e. The molecule has 3 aromatic rings. The maximum absolute atomic E-state index is 13.8. The number of halogens is 1. The van der Waals surface area contributed by atoms with Gasteiger partial charge in [0.25, 0.3) is 10.0 Å². The van der Waals surface area contributed by atoms with Gasteiger partial charge in [-0.25, -0.2) is 12.8 Å². The second-order valence-corrected chi connectivity index (χ2v) is 9.54. The summed E-state index contributed by atoms with van der Waals surface area (Å²) in [4.78, 5) is 12.9. The monoisotopic (exact) mass is 486 g/mol. The van der Waals surface area contributed by atoms with E-state index in [1.54, 1.807) is 56.3 Å². The summed E-state index contributed by atoms with van der Waals surface area (Å²) in [5.41, 5.74) is 1.66. The Hall–Kier alpha value is -3.59. The van der Waals surface area contributed by atoms with Crippen molar-refractivity contribution < 1.29 is 27.1 Å². The van der Waals surface area contributed by atoms with Gasteiger partial charge in [0.2, 0.25) is 5.91 Å². The molecule has 0 unspecified atom stereocenters. The largest absolute Gasteiger partial charge is 0.497 e. The van der Waals surface area contributed by atoms with Crippen LogP contribution in [0.2, 0.25) is 0 Å². The number of sulfonamides is 1. The van der Waals surface area contributed by atoms with Crippen LogP contribution in [0.3, 0.4) is 0 Å². The summed E-state index contributed by atoms with van der Waals surface area (Å²) in [6.07, 6.45) is 0. The Bertz CT molecular complexity index is 1260. The lowest BCUT2D eigenvalue weighted by Crippen LogP contribution is -2.41. The molecular weight excluding hydrogens is 459 g/mol. The predicted octanol–water partition coefficient (Wildman–Crippen LogP) is 4.22. The van der Waals surface area contributed by atoms with Gasteiger partial charge < -0.3 is 14.8 Å². The quantitative estimate of drug-likeness (QED) is 0.490. The van der Waals surface area contributed by atoms with Crippen molar-refractivity contribution in [2.24, 2.45) is 0 Å². The second kappa shape index (κ2) is 10.6. The molecule has 0 aliphatic heterocycles. The van der Waals surface area contributed by atoms with Crippen molar-refractivity contribution in [2.45, 2.75) is 24.8 Å². The van der Waals surface area contributed by atoms with Gasteiger partial charge in [-0.1, -0.05) is 24.3 Å². The Labute approximate surface area is 199 Å². The van der Waals surface area contributed by atoms with Crippen LogP contribution in [0.25, 0.3) is 0 Å². The zero-order chi connectivity index (χ0) is 24.9. The molecule has 0 aliphatic rings. The minimum absolute atomic E-state index is 0.0581. The summed E-state index contributed by atoms with van der Waals surface area (Å²) >= 11 is 0. The zero-order valence-corrected chi connectivity index (χ0v) is 20.2. The Morgan fingerprint density at radius 3 is 2.38 bits per heavy atom. The molecule has 34 heavy (non-hydrogen) atoms. The van der Waals surface area contributed by atoms with E-state index in [0.717, 1.165) is 9.87 Å². The van der Waals surface area contributed by atoms with Gasteiger partial charge in [0.05, 0.1) is 25.9 Å². The number of benzene rings is 3. The number of anilines is 1. The van der Waals surface area contributed by atoms with Crippen molar-refractivity contribution in [3.63, 3.8) is 0 Å². The summed E-state index contributed by atoms with van der Waals surface area (Å²) in [7, 11) is -1.35. The number of methoxy groups -OCH3 is 2. The van der Waals surface area contributed by atoms with Crippen LogP contribution in [0.4, 0.5) is 10.1 Å². The Balaban J connectivity index is 1.98. The molecular formula is C25H27FN2O5S. The predicted molar refractivity (Wildman–Crippen MR) is 128 cm³/mol. The SMILES string of the molecule is COc1cccc(N(CC(=O)N[C@H](C)c2ccc(F)cc2)S(=O)(=O)c2cc(C)ccc2OC)c1. The first-order chi connectivity index (χ1) is 16.1. The van der Waals surface area contributed by atoms with Crippen molar-refractivity contribution in [3.05, 3.63) is 83.7 Å². The summed E-state index contributed by atoms with van der Waals surface area (Å²) in [6, 6.07) is 16.5. The molecule has 7 nitrogen and oxygen atoms in total. The van der Waals surface area contributed by atoms with Crippen LogP contribution in [-0.2, 0) is 14.8 Å². The highest BCUT2D eigenvalue weighted by molar-refractivity contribution is 7.93. The molecule has 0 spiro atoms. The molecule has 1 amide bonds. The Kier molecular flexibility index (Phi) is 7.78. The zero-order valence-electron chi connectivity index (χ0n) is 19.4. The Morgan fingerprint density at radius 2 is 1.74 bits per heavy atom. The maximum atomic E-state index is 13.8. The minimum Gasteiger partial charge on any atom is -0.497 e. The number of ether oxygens (including phenoxy) is 2. The van der Waals surface area contributed by atoms with E-state index in [0.29, 0.717) is 11.3 Å². The van der Waals surface area contributed by atoms with Gasteiger partial charge in [-0.15, -0.1) is 0 Å². The second-order valence-electron chi connectivity index (χ2n) is 7.71. The number of amides is 1. The van der Waals surface area contributed by atoms with E-state index in [1.807, 2.05) is 0 Å². The van der Waals surface area contributed by atoms with Crippen molar-refractivity contribution in [3.8, 4) is 11.5 Å². The van der Waals surface area contributed by atoms with Crippen molar-refractivity contribution in [2.75, 3.05) is 25.1 Å². The average Bonchev–Trinajstić information content (AvgIpc) is 2.82. The molecule has 1 atom stereocenters. The first kappa shape index (κ1) is 25.0. The molecule has 0 heterocycles. The highest BCUT2D eigenvalue weighted by Gasteiger charge is 2.31. The molecule has 3 rings (SSSR count). The van der Waals surface area contributed by atoms with Crippen molar-refractivity contribution >= 4 is 21.6 Å². The first-order valence-corrected chi connectivity index (χ1v) is 12.0. The highest BCUT2D eigenvalue weighted by Crippen LogP contribution is 2.32. The van der Waals surface area contributed by atoms with Gasteiger partial charge in [-0.2, -0.15) is 0 Å². The molecule has 1 N–H and O–H groups in total. The van der Waals surface area contributed by atoms with Gasteiger partial charge in [0.1, 0.15) is 28.8 Å². The third-order valence-corrected chi connectivity index (χ3v) is 7.06. The van der Waals surface area contributed by atoms with Crippen LogP contribution in [0.15, 0.2) is 71.6 Å². The van der Waals surface area contributed by atoms with Crippen LogP contribution in [-0.4, -0.2) is 35.1 Å². The fraction of sp³-hybridized carbons (Fsp3) is 0.240. The molecule has 9 heteroatoms. The van der Waals surface area contributed by atoms with Gasteiger partial charge in [0.15, 0.2) is 0 Å². The summed E-state index contributed by atoms with van der Waals surface area (Å²) in [5, 5.41) is 2.78. The van der Waals surface area contributed by atoms with Crippen molar-refractivity contribution in [1.82, 2.24) is 5.32 Å². The molecule has 0 aromatic heterocycles. The average molecular weight is 487 g/mol. The number of nitrogens with zero attached hydrogens (tertiary/aromatic N) is 1. The van der Waals surface area contributed by atoms with E-state index in [2.05, 4.69) is 5.32 Å². The molecule has 180 valence electrons. The van der Waals surface area contributed by atoms with Crippen molar-refractivity contribution in [1.29, 1.82) is 0 Å². The summed E-state index contributed by atoms with van der Waals surface area (Å²) in [6.45, 7) is 3.02. The third kappa shape index (κ3) is 5.66. The van der Waals surface area contributed by atoms with Gasteiger partial charge in [0, 0.05) is 6.07 Å². The lowest BCUT2D eigenvalue weighted by atomic mass is 10.1. The lowest BCUT2D eigenvalue weighted by molar-refractivity contribution is -0.120. The third-order valence-electron chi connectivity index (χ3n) is 5.26. The standard InChI is InChI=1S/C25H27FN2O5S/c1-17-8-13-23(33-4)24(14-17)34(30,31)28(21-6-5-7-22(15-21)32-3)16-25(29)27-18(2)19-9-11-20(26)12-10-19/h5-15,18H,16H2,1-4H3,(H,27,29)/t18-/m1/s1. The molecule has 0 fully saturated rings. The molecule has 0 radical (unpaired) electrons. The van der Waals surface area contributed by atoms with E-state index in [9.17, 15) is 17.6 Å². The number of rotatable bonds is 9. The van der Waals surface area contributed by atoms with E-state index >= 15 is 0 Å². The molecule has 3 aromatic carbocycles. The highest BCUT2D eigenvalue weighted by atomic mass is 32.2. The van der Waals surface area contributed by atoms with E-state index in [4.69, 9.17) is 9.47 Å². The van der Waals surface area contributed by atoms with Gasteiger partial charge in [-0.05, 0) is 61.4 Å². The normalized spacial score (nSPS) is 12.0. The van der Waals surface area contributed by atoms with E-state index < -0.39 is 28.5 Å². The van der Waals surface area contributed by atoms with Crippen LogP contribution in [0, 0.1) is 12.7 Å². The number of carbonyl (C=O) groups is 1. The van der Waals surface area contributed by atoms with E-state index in [1.165, 1.54) is 38.5 Å². The molecule has 0 bridgehead atoms. The maximum Gasteiger partial charge on any atom is 0.268 e. The fourth-order valence-corrected chi connectivity index (χ4v) is 5.09. The summed E-state index contributed by atoms with van der Waals surface area (Å²) in [5.74, 6) is -0.313. The number of nitrogens with one attached hydrogen (secondary N) is 1. The van der Waals surface area contributed by atoms with Crippen LogP contribution >= 0.6 is 0 Å².